The monoisotopic (exact) mass is 287 g/mol. The topological polar surface area (TPSA) is 72.0 Å². The highest BCUT2D eigenvalue weighted by Gasteiger charge is 2.14. The number of carbonyl (C=O) groups is 2. The second-order valence-corrected chi connectivity index (χ2v) is 4.57. The van der Waals surface area contributed by atoms with Crippen LogP contribution in [0.4, 0.5) is 0 Å². The van der Waals surface area contributed by atoms with Crippen molar-refractivity contribution in [3.05, 3.63) is 47.4 Å². The molecule has 0 aliphatic carbocycles. The van der Waals surface area contributed by atoms with E-state index in [2.05, 4.69) is 27.9 Å². The number of hydrogen-bond acceptors (Lipinski definition) is 4. The zero-order valence-corrected chi connectivity index (χ0v) is 11.9. The summed E-state index contributed by atoms with van der Waals surface area (Å²) in [5.41, 5.74) is 2.59. The van der Waals surface area contributed by atoms with E-state index in [9.17, 15) is 9.59 Å². The van der Waals surface area contributed by atoms with Crippen LogP contribution in [0.15, 0.2) is 30.5 Å². The fourth-order valence-electron chi connectivity index (χ4n) is 1.78. The fourth-order valence-corrected chi connectivity index (χ4v) is 1.96. The lowest BCUT2D eigenvalue weighted by molar-refractivity contribution is 0.0958. The molecule has 0 saturated heterocycles. The van der Waals surface area contributed by atoms with Crippen LogP contribution in [0.2, 0.25) is 0 Å². The Morgan fingerprint density at radius 3 is 2.65 bits per heavy atom. The molecule has 0 spiro atoms. The number of amides is 1. The summed E-state index contributed by atoms with van der Waals surface area (Å²) in [7, 11) is 1.53. The Labute approximate surface area is 121 Å². The minimum Gasteiger partial charge on any atom is -0.354 e. The standard InChI is InChI=1S/C14H13N3O2S/c1-8-3-4-10(14(19)20)12(17-8)9-5-6-16-11(7-9)13(18)15-2/h3-7H,1-2H3,(H,15,18)(H,19,20). The second kappa shape index (κ2) is 5.83. The van der Waals surface area contributed by atoms with Gasteiger partial charge in [0.2, 0.25) is 5.12 Å². The van der Waals surface area contributed by atoms with Crippen LogP contribution < -0.4 is 5.32 Å². The third-order valence-corrected chi connectivity index (χ3v) is 3.00. The van der Waals surface area contributed by atoms with E-state index in [0.29, 0.717) is 16.8 Å². The van der Waals surface area contributed by atoms with Gasteiger partial charge in [0.05, 0.1) is 11.3 Å². The molecule has 0 atom stereocenters. The lowest BCUT2D eigenvalue weighted by Crippen LogP contribution is -2.19. The van der Waals surface area contributed by atoms with Crippen molar-refractivity contribution in [1.82, 2.24) is 15.3 Å². The van der Waals surface area contributed by atoms with Gasteiger partial charge >= 0.3 is 0 Å². The minimum absolute atomic E-state index is 0.269. The van der Waals surface area contributed by atoms with Crippen LogP contribution >= 0.6 is 12.6 Å². The molecule has 0 aromatic carbocycles. The third-order valence-electron chi connectivity index (χ3n) is 2.76. The maximum atomic E-state index is 11.6. The van der Waals surface area contributed by atoms with Gasteiger partial charge < -0.3 is 5.32 Å². The predicted octanol–water partition coefficient (Wildman–Crippen LogP) is 1.88. The smallest absolute Gasteiger partial charge is 0.269 e. The SMILES string of the molecule is CNC(=O)c1cc(-c2nc(C)ccc2C(=O)S)ccn1. The van der Waals surface area contributed by atoms with Gasteiger partial charge in [-0.25, -0.2) is 0 Å². The Bertz CT molecular complexity index is 686. The molecule has 6 heteroatoms. The van der Waals surface area contributed by atoms with Crippen LogP contribution in [0.1, 0.15) is 26.5 Å². The first kappa shape index (κ1) is 14.2. The van der Waals surface area contributed by atoms with E-state index in [0.717, 1.165) is 5.69 Å². The number of hydrogen-bond donors (Lipinski definition) is 2. The van der Waals surface area contributed by atoms with Crippen molar-refractivity contribution in [3.63, 3.8) is 0 Å². The molecule has 2 heterocycles. The molecule has 2 aromatic heterocycles. The quantitative estimate of drug-likeness (QED) is 0.846. The molecule has 2 rings (SSSR count). The van der Waals surface area contributed by atoms with Gasteiger partial charge in [-0.05, 0) is 31.2 Å². The van der Waals surface area contributed by atoms with E-state index < -0.39 is 0 Å². The molecule has 1 amide bonds. The van der Waals surface area contributed by atoms with Crippen LogP contribution in [0.3, 0.4) is 0 Å². The van der Waals surface area contributed by atoms with E-state index in [-0.39, 0.29) is 16.7 Å². The lowest BCUT2D eigenvalue weighted by Gasteiger charge is -2.08. The molecule has 5 nitrogen and oxygen atoms in total. The molecule has 0 saturated carbocycles. The summed E-state index contributed by atoms with van der Waals surface area (Å²) in [6, 6.07) is 6.72. The highest BCUT2D eigenvalue weighted by atomic mass is 32.1. The van der Waals surface area contributed by atoms with Gasteiger partial charge in [0.1, 0.15) is 5.69 Å². The fraction of sp³-hybridized carbons (Fsp3) is 0.143. The van der Waals surface area contributed by atoms with E-state index in [4.69, 9.17) is 0 Å². The summed E-state index contributed by atoms with van der Waals surface area (Å²) in [4.78, 5) is 31.5. The van der Waals surface area contributed by atoms with Crippen molar-refractivity contribution in [2.24, 2.45) is 0 Å². The number of aryl methyl sites for hydroxylation is 1. The van der Waals surface area contributed by atoms with Gasteiger partial charge in [-0.3, -0.25) is 19.6 Å². The van der Waals surface area contributed by atoms with Gasteiger partial charge in [-0.15, -0.1) is 12.6 Å². The maximum Gasteiger partial charge on any atom is 0.269 e. The molecule has 2 aromatic rings. The molecule has 20 heavy (non-hydrogen) atoms. The average Bonchev–Trinajstić information content (AvgIpc) is 2.46. The van der Waals surface area contributed by atoms with Gasteiger partial charge in [0, 0.05) is 24.5 Å². The van der Waals surface area contributed by atoms with Crippen molar-refractivity contribution >= 4 is 23.7 Å². The summed E-state index contributed by atoms with van der Waals surface area (Å²) < 4.78 is 0. The molecule has 0 bridgehead atoms. The first-order valence-electron chi connectivity index (χ1n) is 5.92. The number of thiol groups is 1. The van der Waals surface area contributed by atoms with Crippen molar-refractivity contribution in [3.8, 4) is 11.3 Å². The molecular formula is C14H13N3O2S. The Balaban J connectivity index is 2.59. The van der Waals surface area contributed by atoms with E-state index in [1.807, 2.05) is 6.92 Å². The largest absolute Gasteiger partial charge is 0.354 e. The highest BCUT2D eigenvalue weighted by Crippen LogP contribution is 2.23. The predicted molar refractivity (Wildman–Crippen MR) is 78.9 cm³/mol. The molecule has 0 unspecified atom stereocenters. The zero-order valence-electron chi connectivity index (χ0n) is 11.0. The summed E-state index contributed by atoms with van der Waals surface area (Å²) in [6.07, 6.45) is 1.51. The molecule has 0 aliphatic heterocycles. The first-order chi connectivity index (χ1) is 9.52. The Kier molecular flexibility index (Phi) is 4.14. The van der Waals surface area contributed by atoms with Gasteiger partial charge in [-0.2, -0.15) is 0 Å². The van der Waals surface area contributed by atoms with Crippen LogP contribution in [0, 0.1) is 6.92 Å². The van der Waals surface area contributed by atoms with Crippen LogP contribution in [0.25, 0.3) is 11.3 Å². The summed E-state index contributed by atoms with van der Waals surface area (Å²) in [5.74, 6) is -0.293. The molecule has 0 aliphatic rings. The number of aromatic nitrogens is 2. The number of pyridine rings is 2. The second-order valence-electron chi connectivity index (χ2n) is 4.16. The summed E-state index contributed by atoms with van der Waals surface area (Å²) in [5, 5.41) is 2.14. The van der Waals surface area contributed by atoms with Crippen molar-refractivity contribution < 1.29 is 9.59 Å². The maximum absolute atomic E-state index is 11.6. The van der Waals surface area contributed by atoms with Crippen molar-refractivity contribution in [2.75, 3.05) is 7.05 Å². The van der Waals surface area contributed by atoms with E-state index >= 15 is 0 Å². The van der Waals surface area contributed by atoms with Crippen molar-refractivity contribution in [2.45, 2.75) is 6.92 Å². The van der Waals surface area contributed by atoms with Gasteiger partial charge in [-0.1, -0.05) is 0 Å². The summed E-state index contributed by atoms with van der Waals surface area (Å²) >= 11 is 3.85. The molecule has 0 fully saturated rings. The van der Waals surface area contributed by atoms with Crippen molar-refractivity contribution in [1.29, 1.82) is 0 Å². The van der Waals surface area contributed by atoms with E-state index in [1.165, 1.54) is 13.2 Å². The van der Waals surface area contributed by atoms with Gasteiger partial charge in [0.15, 0.2) is 0 Å². The van der Waals surface area contributed by atoms with E-state index in [1.54, 1.807) is 24.3 Å². The number of rotatable bonds is 3. The number of nitrogens with one attached hydrogen (secondary N) is 1. The molecule has 1 N–H and O–H groups in total. The van der Waals surface area contributed by atoms with Crippen LogP contribution in [-0.2, 0) is 0 Å². The molecular weight excluding hydrogens is 274 g/mol. The normalized spacial score (nSPS) is 10.2. The zero-order chi connectivity index (χ0) is 14.7. The Morgan fingerprint density at radius 2 is 2.00 bits per heavy atom. The number of nitrogens with zero attached hydrogens (tertiary/aromatic N) is 2. The van der Waals surface area contributed by atoms with Crippen LogP contribution in [0.5, 0.6) is 0 Å². The lowest BCUT2D eigenvalue weighted by atomic mass is 10.1. The first-order valence-corrected chi connectivity index (χ1v) is 6.37. The average molecular weight is 287 g/mol. The highest BCUT2D eigenvalue weighted by molar-refractivity contribution is 7.97. The minimum atomic E-state index is -0.370. The van der Waals surface area contributed by atoms with Crippen LogP contribution in [-0.4, -0.2) is 28.0 Å². The Morgan fingerprint density at radius 1 is 1.25 bits per heavy atom. The Hall–Kier alpha value is -2.21. The third kappa shape index (κ3) is 2.85. The molecule has 102 valence electrons. The summed E-state index contributed by atoms with van der Waals surface area (Å²) in [6.45, 7) is 1.83. The molecule has 0 radical (unpaired) electrons. The van der Waals surface area contributed by atoms with Gasteiger partial charge in [0.25, 0.3) is 5.91 Å². The number of carbonyl (C=O) groups excluding carboxylic acids is 2.